The number of aliphatic hydroxyl groups excluding tert-OH is 1. The number of methoxy groups -OCH3 is 1. The molecule has 2 aliphatic carbocycles. The quantitative estimate of drug-likeness (QED) is 0.359. The minimum Gasteiger partial charge on any atom is -0.490 e. The topological polar surface area (TPSA) is 79.3 Å². The second kappa shape index (κ2) is 11.9. The normalized spacial score (nSPS) is 30.3. The van der Waals surface area contributed by atoms with Crippen molar-refractivity contribution in [1.29, 1.82) is 0 Å². The third-order valence-electron chi connectivity index (χ3n) is 10.1. The largest absolute Gasteiger partial charge is 0.490 e. The summed E-state index contributed by atoms with van der Waals surface area (Å²) in [6.45, 7) is 2.61. The first-order chi connectivity index (χ1) is 20.3. The van der Waals surface area contributed by atoms with Gasteiger partial charge in [0.1, 0.15) is 5.75 Å². The fourth-order valence-corrected chi connectivity index (χ4v) is 7.68. The van der Waals surface area contributed by atoms with Crippen molar-refractivity contribution in [2.75, 3.05) is 45.3 Å². The first-order valence-corrected chi connectivity index (χ1v) is 15.6. The number of hydrogen-bond donors (Lipinski definition) is 1. The highest BCUT2D eigenvalue weighted by Gasteiger charge is 2.44. The van der Waals surface area contributed by atoms with Crippen LogP contribution in [0.4, 0.5) is 5.69 Å². The summed E-state index contributed by atoms with van der Waals surface area (Å²) in [5.74, 6) is 0.0361. The van der Waals surface area contributed by atoms with Gasteiger partial charge in [-0.15, -0.1) is 0 Å². The van der Waals surface area contributed by atoms with E-state index in [0.29, 0.717) is 25.5 Å². The summed E-state index contributed by atoms with van der Waals surface area (Å²) >= 11 is 6.41. The number of hydrogen-bond acceptors (Lipinski definition) is 6. The smallest absolute Gasteiger partial charge is 0.313 e. The zero-order valence-corrected chi connectivity index (χ0v) is 25.3. The van der Waals surface area contributed by atoms with Crippen molar-refractivity contribution in [3.63, 3.8) is 0 Å². The number of ether oxygens (including phenoxy) is 2. The van der Waals surface area contributed by atoms with Gasteiger partial charge in [-0.25, -0.2) is 0 Å². The van der Waals surface area contributed by atoms with Gasteiger partial charge in [0.25, 0.3) is 0 Å². The molecule has 1 spiro atoms. The molecule has 42 heavy (non-hydrogen) atoms. The zero-order chi connectivity index (χ0) is 29.4. The molecule has 2 heterocycles. The summed E-state index contributed by atoms with van der Waals surface area (Å²) in [6, 6.07) is 12.1. The molecule has 8 heteroatoms. The van der Waals surface area contributed by atoms with Crippen LogP contribution < -0.4 is 9.64 Å². The van der Waals surface area contributed by atoms with Gasteiger partial charge in [-0.05, 0) is 91.3 Å². The Morgan fingerprint density at radius 1 is 1.19 bits per heavy atom. The van der Waals surface area contributed by atoms with E-state index in [1.165, 1.54) is 18.2 Å². The fourth-order valence-electron chi connectivity index (χ4n) is 7.48. The Bertz CT molecular complexity index is 1380. The van der Waals surface area contributed by atoms with Gasteiger partial charge in [0.05, 0.1) is 31.4 Å². The number of carbonyl (C=O) groups excluding carboxylic acids is 2. The van der Waals surface area contributed by atoms with E-state index in [4.69, 9.17) is 21.1 Å². The molecule has 0 saturated heterocycles. The maximum absolute atomic E-state index is 13.2. The predicted molar refractivity (Wildman–Crippen MR) is 163 cm³/mol. The van der Waals surface area contributed by atoms with Crippen LogP contribution in [0.15, 0.2) is 48.6 Å². The molecule has 0 radical (unpaired) electrons. The van der Waals surface area contributed by atoms with Crippen molar-refractivity contribution in [2.45, 2.75) is 62.4 Å². The van der Waals surface area contributed by atoms with E-state index in [0.717, 1.165) is 67.2 Å². The van der Waals surface area contributed by atoms with Gasteiger partial charge in [0.15, 0.2) is 0 Å². The van der Waals surface area contributed by atoms with Crippen LogP contribution in [0, 0.1) is 11.8 Å². The Hall–Kier alpha value is -3.03. The number of nitrogens with zero attached hydrogens (tertiary/aromatic N) is 2. The van der Waals surface area contributed by atoms with Crippen LogP contribution >= 0.6 is 11.6 Å². The minimum atomic E-state index is -0.714. The average Bonchev–Trinajstić information content (AvgIpc) is 3.12. The van der Waals surface area contributed by atoms with Crippen LogP contribution in [0.2, 0.25) is 5.02 Å². The van der Waals surface area contributed by atoms with E-state index in [2.05, 4.69) is 17.0 Å². The molecule has 1 unspecified atom stereocenters. The lowest BCUT2D eigenvalue weighted by Crippen LogP contribution is -2.49. The molecule has 5 atom stereocenters. The molecule has 2 bridgehead atoms. The van der Waals surface area contributed by atoms with Gasteiger partial charge in [0, 0.05) is 43.5 Å². The highest BCUT2D eigenvalue weighted by molar-refractivity contribution is 6.30. The molecule has 1 saturated carbocycles. The Labute approximate surface area is 253 Å². The van der Waals surface area contributed by atoms with Crippen LogP contribution in [-0.4, -0.2) is 68.4 Å². The predicted octanol–water partition coefficient (Wildman–Crippen LogP) is 5.27. The van der Waals surface area contributed by atoms with Crippen LogP contribution in [0.3, 0.4) is 0 Å². The molecule has 6 rings (SSSR count). The summed E-state index contributed by atoms with van der Waals surface area (Å²) in [5, 5.41) is 11.9. The lowest BCUT2D eigenvalue weighted by atomic mass is 9.68. The number of esters is 1. The van der Waals surface area contributed by atoms with Crippen molar-refractivity contribution < 1.29 is 24.2 Å². The minimum absolute atomic E-state index is 0.0257. The number of benzene rings is 2. The third-order valence-corrected chi connectivity index (χ3v) is 10.3. The van der Waals surface area contributed by atoms with Crippen molar-refractivity contribution in [2.24, 2.45) is 11.8 Å². The van der Waals surface area contributed by atoms with E-state index < -0.39 is 18.0 Å². The Morgan fingerprint density at radius 3 is 2.83 bits per heavy atom. The van der Waals surface area contributed by atoms with Gasteiger partial charge < -0.3 is 24.4 Å². The average molecular weight is 593 g/mol. The molecular weight excluding hydrogens is 552 g/mol. The van der Waals surface area contributed by atoms with Gasteiger partial charge in [-0.3, -0.25) is 9.59 Å². The molecule has 4 aliphatic rings. The number of aliphatic hydroxyl groups is 1. The van der Waals surface area contributed by atoms with Crippen LogP contribution in [0.25, 0.3) is 0 Å². The molecule has 2 aliphatic heterocycles. The standard InChI is InChI=1S/C34H41ClN2O5/c1-36-15-4-3-7-30(38)26-11-8-24(26)19-37-20-34(14-5-6-23-16-25(35)10-12-28(23)34)21-42-31-13-9-22(17-29(31)37)27(18-32(36)39)33(40)41-2/h3,7,9-10,12-13,16-17,24,26-27,30,38H,4-6,8,11,14-15,18-21H2,1-2H3/b7-3+/t24-,26+,27?,30-,34-/m0/s1. The first kappa shape index (κ1) is 29.1. The molecular formula is C34H41ClN2O5. The zero-order valence-electron chi connectivity index (χ0n) is 24.6. The van der Waals surface area contributed by atoms with E-state index in [-0.39, 0.29) is 23.7 Å². The number of carbonyl (C=O) groups is 2. The maximum atomic E-state index is 13.2. The van der Waals surface area contributed by atoms with E-state index >= 15 is 0 Å². The van der Waals surface area contributed by atoms with Crippen molar-refractivity contribution in [1.82, 2.24) is 4.90 Å². The number of rotatable bonds is 1. The Kier molecular flexibility index (Phi) is 8.25. The fraction of sp³-hybridized carbons (Fsp3) is 0.529. The van der Waals surface area contributed by atoms with Crippen LogP contribution in [0.1, 0.15) is 61.1 Å². The molecule has 1 N–H and O–H groups in total. The summed E-state index contributed by atoms with van der Waals surface area (Å²) in [4.78, 5) is 30.3. The maximum Gasteiger partial charge on any atom is 0.313 e. The third kappa shape index (κ3) is 5.53. The van der Waals surface area contributed by atoms with Crippen molar-refractivity contribution >= 4 is 29.2 Å². The van der Waals surface area contributed by atoms with Crippen LogP contribution in [-0.2, 0) is 26.2 Å². The second-order valence-corrected chi connectivity index (χ2v) is 13.1. The highest BCUT2D eigenvalue weighted by atomic mass is 35.5. The Morgan fingerprint density at radius 2 is 2.05 bits per heavy atom. The number of anilines is 1. The molecule has 0 aromatic heterocycles. The molecule has 224 valence electrons. The lowest BCUT2D eigenvalue weighted by molar-refractivity contribution is -0.145. The molecule has 7 nitrogen and oxygen atoms in total. The summed E-state index contributed by atoms with van der Waals surface area (Å²) in [7, 11) is 3.13. The van der Waals surface area contributed by atoms with Gasteiger partial charge >= 0.3 is 5.97 Å². The van der Waals surface area contributed by atoms with Gasteiger partial charge in [-0.2, -0.15) is 0 Å². The summed E-state index contributed by atoms with van der Waals surface area (Å²) in [6.07, 6.45) is 9.15. The van der Waals surface area contributed by atoms with Gasteiger partial charge in [0.2, 0.25) is 5.91 Å². The van der Waals surface area contributed by atoms with E-state index in [1.807, 2.05) is 36.4 Å². The molecule has 2 aromatic rings. The second-order valence-electron chi connectivity index (χ2n) is 12.6. The van der Waals surface area contributed by atoms with Gasteiger partial charge in [-0.1, -0.05) is 35.9 Å². The number of amides is 1. The van der Waals surface area contributed by atoms with Crippen molar-refractivity contribution in [3.8, 4) is 5.75 Å². The molecule has 2 aromatic carbocycles. The van der Waals surface area contributed by atoms with E-state index in [9.17, 15) is 14.7 Å². The number of aryl methyl sites for hydroxylation is 1. The lowest BCUT2D eigenvalue weighted by Gasteiger charge is -2.45. The van der Waals surface area contributed by atoms with E-state index in [1.54, 1.807) is 11.9 Å². The molecule has 1 fully saturated rings. The van der Waals surface area contributed by atoms with Crippen LogP contribution in [0.5, 0.6) is 5.75 Å². The number of fused-ring (bicyclic) bond motifs is 4. The SMILES string of the molecule is COC(=O)C1CC(=O)N(C)CC/C=C/[C@H](O)[C@@H]2CC[C@H]2CN2C[C@@]3(CCCc4cc(Cl)ccc43)COc3ccc1cc32. The number of halogens is 1. The molecule has 1 amide bonds. The highest BCUT2D eigenvalue weighted by Crippen LogP contribution is 2.47. The summed E-state index contributed by atoms with van der Waals surface area (Å²) < 4.78 is 11.8. The Balaban J connectivity index is 1.44. The first-order valence-electron chi connectivity index (χ1n) is 15.2. The summed E-state index contributed by atoms with van der Waals surface area (Å²) in [5.41, 5.74) is 4.06. The van der Waals surface area contributed by atoms with Crippen molar-refractivity contribution in [3.05, 3.63) is 70.3 Å². The monoisotopic (exact) mass is 592 g/mol.